The lowest BCUT2D eigenvalue weighted by atomic mass is 10.3. The number of halogens is 1. The van der Waals surface area contributed by atoms with Gasteiger partial charge >= 0.3 is 11.9 Å². The highest BCUT2D eigenvalue weighted by molar-refractivity contribution is 9.11. The number of aliphatic carboxylic acids is 1. The number of carboxylic acid groups (broad SMARTS) is 1. The number of esters is 1. The van der Waals surface area contributed by atoms with Crippen LogP contribution in [0, 0.1) is 0 Å². The molecular weight excluding hydrogens is 312 g/mol. The fraction of sp³-hybridized carbons (Fsp3) is 0.300. The zero-order chi connectivity index (χ0) is 12.8. The molecule has 0 aromatic rings. The van der Waals surface area contributed by atoms with Crippen LogP contribution in [0.3, 0.4) is 0 Å². The van der Waals surface area contributed by atoms with Gasteiger partial charge in [0.25, 0.3) is 0 Å². The monoisotopic (exact) mass is 320 g/mol. The molecule has 92 valence electrons. The third-order valence-corrected chi connectivity index (χ3v) is 3.54. The molecular formula is C10H9BrO5S. The number of hydrogen-bond acceptors (Lipinski definition) is 5. The Balaban J connectivity index is 2.38. The number of carboxylic acids is 1. The number of allylic oxidation sites excluding steroid dienone is 1. The zero-order valence-corrected chi connectivity index (χ0v) is 11.0. The van der Waals surface area contributed by atoms with Crippen LogP contribution in [0.25, 0.3) is 0 Å². The Labute approximate surface area is 110 Å². The van der Waals surface area contributed by atoms with Crippen LogP contribution in [0.5, 0.6) is 0 Å². The molecule has 0 amide bonds. The lowest BCUT2D eigenvalue weighted by molar-refractivity contribution is -0.147. The molecule has 0 spiro atoms. The Hall–Kier alpha value is -1.08. The van der Waals surface area contributed by atoms with Crippen molar-refractivity contribution < 1.29 is 24.2 Å². The van der Waals surface area contributed by atoms with Gasteiger partial charge in [0.2, 0.25) is 5.12 Å². The van der Waals surface area contributed by atoms with Crippen molar-refractivity contribution in [2.45, 2.75) is 12.8 Å². The van der Waals surface area contributed by atoms with Crippen LogP contribution in [0.15, 0.2) is 21.5 Å². The minimum atomic E-state index is -1.06. The number of rotatable bonds is 5. The van der Waals surface area contributed by atoms with Crippen molar-refractivity contribution in [1.29, 1.82) is 0 Å². The third-order valence-electron chi connectivity index (χ3n) is 1.83. The second-order valence-corrected chi connectivity index (χ2v) is 4.63. The molecule has 7 heteroatoms. The maximum atomic E-state index is 11.4. The van der Waals surface area contributed by atoms with Gasteiger partial charge in [-0.1, -0.05) is 15.9 Å². The van der Waals surface area contributed by atoms with Gasteiger partial charge in [-0.25, -0.2) is 0 Å². The fourth-order valence-electron chi connectivity index (χ4n) is 1.03. The maximum Gasteiger partial charge on any atom is 0.306 e. The first kappa shape index (κ1) is 14.0. The van der Waals surface area contributed by atoms with E-state index >= 15 is 0 Å². The van der Waals surface area contributed by atoms with Gasteiger partial charge in [-0.15, -0.1) is 0 Å². The molecule has 17 heavy (non-hydrogen) atoms. The average Bonchev–Trinajstić information content (AvgIpc) is 2.64. The standard InChI is InChI=1S/C10H9BrO5S/c11-4-7-3-6(10(15)17-7)5-16-9(14)2-1-8(12)13/h3-4H,1-2,5H2,(H,12,13)/b7-4+. The molecule has 1 rings (SSSR count). The van der Waals surface area contributed by atoms with Gasteiger partial charge in [-0.2, -0.15) is 0 Å². The van der Waals surface area contributed by atoms with E-state index in [1.807, 2.05) is 0 Å². The second-order valence-electron chi connectivity index (χ2n) is 3.12. The Bertz CT molecular complexity index is 413. The normalized spacial score (nSPS) is 17.1. The summed E-state index contributed by atoms with van der Waals surface area (Å²) in [6, 6.07) is 0. The molecule has 1 aliphatic rings. The fourth-order valence-corrected chi connectivity index (χ4v) is 2.15. The van der Waals surface area contributed by atoms with E-state index in [0.29, 0.717) is 5.57 Å². The van der Waals surface area contributed by atoms with Gasteiger partial charge in [0, 0.05) is 10.5 Å². The number of ether oxygens (including phenoxy) is 1. The summed E-state index contributed by atoms with van der Waals surface area (Å²) in [5.74, 6) is -1.68. The van der Waals surface area contributed by atoms with Gasteiger partial charge in [0.05, 0.1) is 12.8 Å². The largest absolute Gasteiger partial charge is 0.481 e. The van der Waals surface area contributed by atoms with Crippen LogP contribution in [-0.2, 0) is 19.1 Å². The zero-order valence-electron chi connectivity index (χ0n) is 8.64. The van der Waals surface area contributed by atoms with E-state index in [-0.39, 0.29) is 24.6 Å². The maximum absolute atomic E-state index is 11.4. The van der Waals surface area contributed by atoms with Crippen molar-refractivity contribution in [3.63, 3.8) is 0 Å². The van der Waals surface area contributed by atoms with Crippen molar-refractivity contribution in [2.24, 2.45) is 0 Å². The number of carbonyl (C=O) groups is 3. The molecule has 5 nitrogen and oxygen atoms in total. The van der Waals surface area contributed by atoms with E-state index in [9.17, 15) is 14.4 Å². The number of hydrogen-bond donors (Lipinski definition) is 1. The van der Waals surface area contributed by atoms with Crippen LogP contribution in [0.1, 0.15) is 12.8 Å². The van der Waals surface area contributed by atoms with Crippen LogP contribution < -0.4 is 0 Å². The van der Waals surface area contributed by atoms with Gasteiger partial charge in [0.15, 0.2) is 0 Å². The van der Waals surface area contributed by atoms with Crippen molar-refractivity contribution >= 4 is 44.7 Å². The summed E-state index contributed by atoms with van der Waals surface area (Å²) in [5, 5.41) is 8.20. The summed E-state index contributed by atoms with van der Waals surface area (Å²) < 4.78 is 4.79. The van der Waals surface area contributed by atoms with Gasteiger partial charge in [-0.3, -0.25) is 14.4 Å². The minimum absolute atomic E-state index is 0.116. The number of thioether (sulfide) groups is 1. The molecule has 0 aromatic heterocycles. The van der Waals surface area contributed by atoms with Crippen LogP contribution in [0.2, 0.25) is 0 Å². The average molecular weight is 321 g/mol. The van der Waals surface area contributed by atoms with E-state index in [0.717, 1.165) is 16.7 Å². The highest BCUT2D eigenvalue weighted by Gasteiger charge is 2.21. The minimum Gasteiger partial charge on any atom is -0.481 e. The summed E-state index contributed by atoms with van der Waals surface area (Å²) in [7, 11) is 0. The molecule has 1 heterocycles. The van der Waals surface area contributed by atoms with Crippen molar-refractivity contribution in [3.05, 3.63) is 21.5 Å². The molecule has 0 aliphatic carbocycles. The molecule has 1 N–H and O–H groups in total. The predicted octanol–water partition coefficient (Wildman–Crippen LogP) is 1.83. The topological polar surface area (TPSA) is 80.7 Å². The van der Waals surface area contributed by atoms with E-state index in [1.54, 1.807) is 11.1 Å². The summed E-state index contributed by atoms with van der Waals surface area (Å²) in [6.45, 7) is -0.116. The van der Waals surface area contributed by atoms with Crippen molar-refractivity contribution in [1.82, 2.24) is 0 Å². The summed E-state index contributed by atoms with van der Waals surface area (Å²) in [4.78, 5) is 35.0. The first-order chi connectivity index (χ1) is 8.02. The molecule has 0 aromatic carbocycles. The van der Waals surface area contributed by atoms with Gasteiger partial charge in [0.1, 0.15) is 6.61 Å². The van der Waals surface area contributed by atoms with Crippen molar-refractivity contribution in [3.8, 4) is 0 Å². The smallest absolute Gasteiger partial charge is 0.306 e. The van der Waals surface area contributed by atoms with Crippen LogP contribution in [0.4, 0.5) is 0 Å². The summed E-state index contributed by atoms with van der Waals surface area (Å²) >= 11 is 4.14. The quantitative estimate of drug-likeness (QED) is 0.778. The summed E-state index contributed by atoms with van der Waals surface area (Å²) in [5.41, 5.74) is 0.393. The highest BCUT2D eigenvalue weighted by atomic mass is 79.9. The van der Waals surface area contributed by atoms with E-state index < -0.39 is 11.9 Å². The third kappa shape index (κ3) is 4.74. The molecule has 0 unspecified atom stereocenters. The first-order valence-corrected chi connectivity index (χ1v) is 6.36. The SMILES string of the molecule is O=C(O)CCC(=O)OCC1=C/C(=C\Br)SC1=O. The molecule has 1 aliphatic heterocycles. The first-order valence-electron chi connectivity index (χ1n) is 4.63. The second kappa shape index (κ2) is 6.61. The van der Waals surface area contributed by atoms with Gasteiger partial charge < -0.3 is 9.84 Å². The number of carbonyl (C=O) groups excluding carboxylic acids is 2. The molecule has 0 radical (unpaired) electrons. The van der Waals surface area contributed by atoms with E-state index in [2.05, 4.69) is 15.9 Å². The Morgan fingerprint density at radius 1 is 1.47 bits per heavy atom. The Morgan fingerprint density at radius 2 is 2.18 bits per heavy atom. The van der Waals surface area contributed by atoms with Crippen molar-refractivity contribution in [2.75, 3.05) is 6.61 Å². The lowest BCUT2D eigenvalue weighted by Crippen LogP contribution is -2.11. The van der Waals surface area contributed by atoms with Gasteiger partial charge in [-0.05, 0) is 22.8 Å². The van der Waals surface area contributed by atoms with E-state index in [1.165, 1.54) is 0 Å². The van der Waals surface area contributed by atoms with Crippen LogP contribution in [-0.4, -0.2) is 28.8 Å². The molecule has 0 saturated heterocycles. The van der Waals surface area contributed by atoms with Crippen LogP contribution >= 0.6 is 27.7 Å². The summed E-state index contributed by atoms with van der Waals surface area (Å²) in [6.07, 6.45) is 1.16. The molecule has 0 bridgehead atoms. The lowest BCUT2D eigenvalue weighted by Gasteiger charge is -2.02. The molecule has 0 fully saturated rings. The Kier molecular flexibility index (Phi) is 5.43. The predicted molar refractivity (Wildman–Crippen MR) is 65.5 cm³/mol. The Morgan fingerprint density at radius 3 is 2.71 bits per heavy atom. The molecule has 0 atom stereocenters. The highest BCUT2D eigenvalue weighted by Crippen LogP contribution is 2.31. The molecule has 0 saturated carbocycles. The van der Waals surface area contributed by atoms with E-state index in [4.69, 9.17) is 9.84 Å².